The Labute approximate surface area is 183 Å². The highest BCUT2D eigenvalue weighted by atomic mass is 16.2. The third-order valence-corrected chi connectivity index (χ3v) is 5.30. The van der Waals surface area contributed by atoms with Crippen molar-refractivity contribution in [3.8, 4) is 5.95 Å². The first-order chi connectivity index (χ1) is 15.2. The lowest BCUT2D eigenvalue weighted by atomic mass is 10.1. The summed E-state index contributed by atoms with van der Waals surface area (Å²) in [6, 6.07) is 5.06. The zero-order valence-corrected chi connectivity index (χ0v) is 18.5. The predicted octanol–water partition coefficient (Wildman–Crippen LogP) is 2.17. The molecule has 10 nitrogen and oxygen atoms in total. The summed E-state index contributed by atoms with van der Waals surface area (Å²) in [5.41, 5.74) is 2.26. The van der Waals surface area contributed by atoms with Crippen LogP contribution in [0.4, 0.5) is 5.82 Å². The standard InChI is InChI=1S/C22H23N7O3/c1-6-28-10-16(18(30)15-8-7-11(2)23-19(15)28)21(32)25-17-9-12(3)27-29(17)22-24-14(5)13(4)20(31)26-22/h7-10H,6H2,1-5H3,(H,25,32)(H,24,26,31). The molecule has 0 aliphatic carbocycles. The van der Waals surface area contributed by atoms with Crippen molar-refractivity contribution in [2.45, 2.75) is 41.2 Å². The van der Waals surface area contributed by atoms with Gasteiger partial charge in [0.15, 0.2) is 0 Å². The minimum absolute atomic E-state index is 0.0167. The average Bonchev–Trinajstić information content (AvgIpc) is 3.11. The molecule has 0 spiro atoms. The number of amides is 1. The van der Waals surface area contributed by atoms with E-state index in [0.29, 0.717) is 34.5 Å². The molecule has 4 rings (SSSR count). The Balaban J connectivity index is 1.79. The molecule has 32 heavy (non-hydrogen) atoms. The number of anilines is 1. The molecular weight excluding hydrogens is 410 g/mol. The fourth-order valence-electron chi connectivity index (χ4n) is 3.43. The highest BCUT2D eigenvalue weighted by molar-refractivity contribution is 6.05. The number of nitrogens with zero attached hydrogens (tertiary/aromatic N) is 5. The van der Waals surface area contributed by atoms with Gasteiger partial charge in [0.1, 0.15) is 17.0 Å². The number of rotatable bonds is 4. The molecule has 0 bridgehead atoms. The second kappa shape index (κ2) is 7.88. The van der Waals surface area contributed by atoms with Crippen LogP contribution in [-0.4, -0.2) is 35.2 Å². The Bertz CT molecular complexity index is 1490. The van der Waals surface area contributed by atoms with Crippen LogP contribution in [0.5, 0.6) is 0 Å². The molecule has 10 heteroatoms. The van der Waals surface area contributed by atoms with Gasteiger partial charge in [-0.2, -0.15) is 9.78 Å². The molecule has 0 radical (unpaired) electrons. The monoisotopic (exact) mass is 433 g/mol. The Hall–Kier alpha value is -4.08. The van der Waals surface area contributed by atoms with Gasteiger partial charge >= 0.3 is 0 Å². The number of hydrogen-bond donors (Lipinski definition) is 2. The van der Waals surface area contributed by atoms with Crippen LogP contribution < -0.4 is 16.3 Å². The smallest absolute Gasteiger partial charge is 0.262 e. The molecule has 0 fully saturated rings. The van der Waals surface area contributed by atoms with Crippen molar-refractivity contribution in [1.82, 2.24) is 29.3 Å². The highest BCUT2D eigenvalue weighted by Crippen LogP contribution is 2.16. The Morgan fingerprint density at radius 1 is 1.09 bits per heavy atom. The van der Waals surface area contributed by atoms with Crippen molar-refractivity contribution in [3.05, 3.63) is 73.2 Å². The molecule has 164 valence electrons. The molecule has 0 aromatic carbocycles. The minimum Gasteiger partial charge on any atom is -0.332 e. The molecule has 1 amide bonds. The van der Waals surface area contributed by atoms with Crippen molar-refractivity contribution >= 4 is 22.8 Å². The van der Waals surface area contributed by atoms with E-state index in [9.17, 15) is 14.4 Å². The maximum absolute atomic E-state index is 13.1. The van der Waals surface area contributed by atoms with Crippen LogP contribution in [0.1, 0.15) is 39.9 Å². The van der Waals surface area contributed by atoms with E-state index in [2.05, 4.69) is 25.4 Å². The van der Waals surface area contributed by atoms with E-state index in [1.807, 2.05) is 13.8 Å². The van der Waals surface area contributed by atoms with Gasteiger partial charge in [-0.1, -0.05) is 0 Å². The zero-order valence-electron chi connectivity index (χ0n) is 18.5. The van der Waals surface area contributed by atoms with Gasteiger partial charge in [-0.05, 0) is 46.8 Å². The van der Waals surface area contributed by atoms with Gasteiger partial charge in [0, 0.05) is 35.8 Å². The number of carbonyl (C=O) groups excluding carboxylic acids is 1. The molecule has 4 aromatic heterocycles. The molecule has 2 N–H and O–H groups in total. The van der Waals surface area contributed by atoms with Crippen molar-refractivity contribution in [1.29, 1.82) is 0 Å². The lowest BCUT2D eigenvalue weighted by Crippen LogP contribution is -2.26. The van der Waals surface area contributed by atoms with E-state index in [-0.39, 0.29) is 22.9 Å². The number of aromatic nitrogens is 6. The van der Waals surface area contributed by atoms with Crippen LogP contribution in [0.25, 0.3) is 17.0 Å². The summed E-state index contributed by atoms with van der Waals surface area (Å²) in [4.78, 5) is 49.8. The molecule has 0 atom stereocenters. The average molecular weight is 433 g/mol. The van der Waals surface area contributed by atoms with Gasteiger partial charge in [0.2, 0.25) is 11.4 Å². The first-order valence-electron chi connectivity index (χ1n) is 10.2. The van der Waals surface area contributed by atoms with E-state index in [1.165, 1.54) is 10.9 Å². The third-order valence-electron chi connectivity index (χ3n) is 5.30. The second-order valence-corrected chi connectivity index (χ2v) is 7.62. The summed E-state index contributed by atoms with van der Waals surface area (Å²) >= 11 is 0. The van der Waals surface area contributed by atoms with Gasteiger partial charge in [0.25, 0.3) is 11.5 Å². The summed E-state index contributed by atoms with van der Waals surface area (Å²) in [5.74, 6) is -0.138. The van der Waals surface area contributed by atoms with Gasteiger partial charge in [0.05, 0.1) is 11.1 Å². The zero-order chi connectivity index (χ0) is 23.2. The van der Waals surface area contributed by atoms with Gasteiger partial charge < -0.3 is 9.88 Å². The van der Waals surface area contributed by atoms with Crippen molar-refractivity contribution in [2.24, 2.45) is 0 Å². The van der Waals surface area contributed by atoms with Gasteiger partial charge in [-0.15, -0.1) is 0 Å². The van der Waals surface area contributed by atoms with E-state index < -0.39 is 11.3 Å². The lowest BCUT2D eigenvalue weighted by molar-refractivity contribution is 0.102. The van der Waals surface area contributed by atoms with Crippen LogP contribution in [0, 0.1) is 27.7 Å². The molecule has 0 saturated carbocycles. The number of aromatic amines is 1. The summed E-state index contributed by atoms with van der Waals surface area (Å²) in [5, 5.41) is 7.44. The maximum atomic E-state index is 13.1. The van der Waals surface area contributed by atoms with E-state index in [1.54, 1.807) is 43.5 Å². The number of H-pyrrole nitrogens is 1. The molecule has 0 saturated heterocycles. The van der Waals surface area contributed by atoms with E-state index in [4.69, 9.17) is 0 Å². The van der Waals surface area contributed by atoms with Crippen molar-refractivity contribution in [3.63, 3.8) is 0 Å². The highest BCUT2D eigenvalue weighted by Gasteiger charge is 2.19. The van der Waals surface area contributed by atoms with Crippen LogP contribution in [0.15, 0.2) is 34.0 Å². The molecule has 0 aliphatic heterocycles. The number of carbonyl (C=O) groups is 1. The Kier molecular flexibility index (Phi) is 5.21. The molecular formula is C22H23N7O3. The van der Waals surface area contributed by atoms with Crippen molar-refractivity contribution < 1.29 is 4.79 Å². The summed E-state index contributed by atoms with van der Waals surface area (Å²) in [6.45, 7) is 9.45. The van der Waals surface area contributed by atoms with Crippen LogP contribution in [0.2, 0.25) is 0 Å². The molecule has 4 heterocycles. The molecule has 0 unspecified atom stereocenters. The molecule has 4 aromatic rings. The van der Waals surface area contributed by atoms with Gasteiger partial charge in [-0.3, -0.25) is 19.4 Å². The topological polar surface area (TPSA) is 128 Å². The summed E-state index contributed by atoms with van der Waals surface area (Å²) in [7, 11) is 0. The van der Waals surface area contributed by atoms with Crippen LogP contribution in [-0.2, 0) is 6.54 Å². The summed E-state index contributed by atoms with van der Waals surface area (Å²) in [6.07, 6.45) is 1.51. The number of aryl methyl sites for hydroxylation is 4. The number of fused-ring (bicyclic) bond motifs is 1. The van der Waals surface area contributed by atoms with E-state index >= 15 is 0 Å². The second-order valence-electron chi connectivity index (χ2n) is 7.62. The molecule has 0 aliphatic rings. The number of nitrogens with one attached hydrogen (secondary N) is 2. The normalized spacial score (nSPS) is 11.2. The minimum atomic E-state index is -0.591. The third kappa shape index (κ3) is 3.59. The SMILES string of the molecule is CCn1cc(C(=O)Nc2cc(C)nn2-c2nc(C)c(C)c(=O)[nH]2)c(=O)c2ccc(C)nc21. The first kappa shape index (κ1) is 21.2. The fraction of sp³-hybridized carbons (Fsp3) is 0.273. The predicted molar refractivity (Wildman–Crippen MR) is 121 cm³/mol. The van der Waals surface area contributed by atoms with Crippen molar-refractivity contribution in [2.75, 3.05) is 5.32 Å². The lowest BCUT2D eigenvalue weighted by Gasteiger charge is -2.12. The van der Waals surface area contributed by atoms with Gasteiger partial charge in [-0.25, -0.2) is 9.97 Å². The Morgan fingerprint density at radius 3 is 2.53 bits per heavy atom. The summed E-state index contributed by atoms with van der Waals surface area (Å²) < 4.78 is 3.11. The fourth-order valence-corrected chi connectivity index (χ4v) is 3.43. The maximum Gasteiger partial charge on any atom is 0.262 e. The number of hydrogen-bond acceptors (Lipinski definition) is 6. The Morgan fingerprint density at radius 2 is 1.84 bits per heavy atom. The first-order valence-corrected chi connectivity index (χ1v) is 10.2. The van der Waals surface area contributed by atoms with E-state index in [0.717, 1.165) is 5.69 Å². The van der Waals surface area contributed by atoms with Crippen LogP contribution >= 0.6 is 0 Å². The van der Waals surface area contributed by atoms with Crippen LogP contribution in [0.3, 0.4) is 0 Å². The number of pyridine rings is 2. The largest absolute Gasteiger partial charge is 0.332 e. The quantitative estimate of drug-likeness (QED) is 0.508.